The highest BCUT2D eigenvalue weighted by atomic mass is 15.4. The van der Waals surface area contributed by atoms with Crippen LogP contribution in [0.4, 0.5) is 11.9 Å². The molecule has 0 radical (unpaired) electrons. The van der Waals surface area contributed by atoms with Gasteiger partial charge in [0.05, 0.1) is 5.69 Å². The molecule has 2 aromatic rings. The first-order chi connectivity index (χ1) is 8.06. The highest BCUT2D eigenvalue weighted by molar-refractivity contribution is 5.38. The van der Waals surface area contributed by atoms with Gasteiger partial charge < -0.3 is 11.1 Å². The van der Waals surface area contributed by atoms with Gasteiger partial charge in [-0.2, -0.15) is 14.8 Å². The second kappa shape index (κ2) is 4.36. The van der Waals surface area contributed by atoms with E-state index < -0.39 is 0 Å². The van der Waals surface area contributed by atoms with E-state index in [4.69, 9.17) is 5.73 Å². The molecule has 2 aromatic heterocycles. The number of aromatic nitrogens is 5. The topological polar surface area (TPSA) is 94.5 Å². The van der Waals surface area contributed by atoms with Crippen LogP contribution in [0.5, 0.6) is 0 Å². The average Bonchev–Trinajstić information content (AvgIpc) is 2.59. The van der Waals surface area contributed by atoms with Gasteiger partial charge in [0.2, 0.25) is 11.9 Å². The zero-order valence-electron chi connectivity index (χ0n) is 10.0. The predicted octanol–water partition coefficient (Wildman–Crippen LogP) is 0.768. The summed E-state index contributed by atoms with van der Waals surface area (Å²) in [7, 11) is 0. The Morgan fingerprint density at radius 3 is 2.65 bits per heavy atom. The van der Waals surface area contributed by atoms with Crippen molar-refractivity contribution in [1.29, 1.82) is 0 Å². The minimum absolute atomic E-state index is 0.245. The van der Waals surface area contributed by atoms with Gasteiger partial charge in [-0.05, 0) is 32.9 Å². The summed E-state index contributed by atoms with van der Waals surface area (Å²) in [5.74, 6) is 1.32. The number of nitrogens with two attached hydrogens (primary N) is 1. The summed E-state index contributed by atoms with van der Waals surface area (Å²) >= 11 is 0. The monoisotopic (exact) mass is 233 g/mol. The zero-order chi connectivity index (χ0) is 12.4. The normalized spacial score (nSPS) is 10.8. The van der Waals surface area contributed by atoms with E-state index in [0.29, 0.717) is 11.8 Å². The smallest absolute Gasteiger partial charge is 0.244 e. The lowest BCUT2D eigenvalue weighted by atomic mass is 10.4. The Morgan fingerprint density at radius 2 is 2.06 bits per heavy atom. The third-order valence-electron chi connectivity index (χ3n) is 2.05. The van der Waals surface area contributed by atoms with Crippen LogP contribution in [0.3, 0.4) is 0 Å². The van der Waals surface area contributed by atoms with Crippen LogP contribution in [0.2, 0.25) is 0 Å². The minimum atomic E-state index is 0.245. The first-order valence-electron chi connectivity index (χ1n) is 5.36. The van der Waals surface area contributed by atoms with Crippen LogP contribution >= 0.6 is 0 Å². The molecule has 90 valence electrons. The first-order valence-corrected chi connectivity index (χ1v) is 5.36. The van der Waals surface area contributed by atoms with Crippen molar-refractivity contribution in [3.63, 3.8) is 0 Å². The van der Waals surface area contributed by atoms with Crippen molar-refractivity contribution >= 4 is 11.9 Å². The molecule has 2 rings (SSSR count). The maximum Gasteiger partial charge on any atom is 0.244 e. The van der Waals surface area contributed by atoms with E-state index in [-0.39, 0.29) is 12.0 Å². The number of anilines is 2. The van der Waals surface area contributed by atoms with E-state index in [1.165, 1.54) is 4.68 Å². The van der Waals surface area contributed by atoms with E-state index in [1.54, 1.807) is 6.07 Å². The predicted molar refractivity (Wildman–Crippen MR) is 64.9 cm³/mol. The van der Waals surface area contributed by atoms with E-state index in [2.05, 4.69) is 25.6 Å². The van der Waals surface area contributed by atoms with Gasteiger partial charge >= 0.3 is 0 Å². The first kappa shape index (κ1) is 11.3. The molecule has 7 nitrogen and oxygen atoms in total. The molecule has 0 bridgehead atoms. The molecule has 0 aliphatic rings. The zero-order valence-corrected chi connectivity index (χ0v) is 10.0. The van der Waals surface area contributed by atoms with Gasteiger partial charge in [0.1, 0.15) is 0 Å². The molecule has 0 aromatic carbocycles. The van der Waals surface area contributed by atoms with E-state index in [0.717, 1.165) is 5.69 Å². The van der Waals surface area contributed by atoms with E-state index in [1.807, 2.05) is 26.8 Å². The fourth-order valence-corrected chi connectivity index (χ4v) is 1.32. The molecule has 0 aliphatic heterocycles. The van der Waals surface area contributed by atoms with Crippen LogP contribution in [0.15, 0.2) is 12.1 Å². The molecule has 17 heavy (non-hydrogen) atoms. The van der Waals surface area contributed by atoms with Crippen LogP contribution in [-0.2, 0) is 0 Å². The van der Waals surface area contributed by atoms with Crippen LogP contribution in [0.1, 0.15) is 19.5 Å². The number of nitrogen functional groups attached to an aromatic ring is 1. The largest absolute Gasteiger partial charge is 0.368 e. The molecular formula is C10H15N7. The molecule has 0 fully saturated rings. The molecule has 0 atom stereocenters. The number of rotatable bonds is 3. The number of hydrogen-bond donors (Lipinski definition) is 2. The molecule has 0 saturated heterocycles. The lowest BCUT2D eigenvalue weighted by Crippen LogP contribution is -2.11. The van der Waals surface area contributed by atoms with Crippen molar-refractivity contribution in [2.45, 2.75) is 26.8 Å². The molecule has 0 aliphatic carbocycles. The Labute approximate surface area is 99.1 Å². The number of aryl methyl sites for hydroxylation is 1. The van der Waals surface area contributed by atoms with Gasteiger partial charge in [-0.15, -0.1) is 10.2 Å². The summed E-state index contributed by atoms with van der Waals surface area (Å²) in [6.45, 7) is 5.87. The second-order valence-corrected chi connectivity index (χ2v) is 4.04. The van der Waals surface area contributed by atoms with Crippen molar-refractivity contribution in [3.05, 3.63) is 17.8 Å². The van der Waals surface area contributed by atoms with Crippen molar-refractivity contribution in [1.82, 2.24) is 25.0 Å². The third kappa shape index (κ3) is 2.49. The van der Waals surface area contributed by atoms with Crippen molar-refractivity contribution in [2.24, 2.45) is 0 Å². The second-order valence-electron chi connectivity index (χ2n) is 4.04. The molecule has 7 heteroatoms. The molecule has 0 unspecified atom stereocenters. The number of hydrogen-bond acceptors (Lipinski definition) is 6. The lowest BCUT2D eigenvalue weighted by Gasteiger charge is -2.03. The number of nitrogens with one attached hydrogen (secondary N) is 1. The fraction of sp³-hybridized carbons (Fsp3) is 0.400. The van der Waals surface area contributed by atoms with E-state index >= 15 is 0 Å². The van der Waals surface area contributed by atoms with E-state index in [9.17, 15) is 0 Å². The van der Waals surface area contributed by atoms with Gasteiger partial charge in [0.15, 0.2) is 5.82 Å². The molecule has 0 amide bonds. The summed E-state index contributed by atoms with van der Waals surface area (Å²) in [5, 5.41) is 15.2. The Kier molecular flexibility index (Phi) is 2.90. The standard InChI is InChI=1S/C10H15N7/c1-6(2)12-10-13-9(11)17(16-10)8-5-4-7(3)14-15-8/h4-6H,1-3H3,(H3,11,12,13,16). The SMILES string of the molecule is Cc1ccc(-n2nc(NC(C)C)nc2N)nn1. The molecule has 2 heterocycles. The Hall–Kier alpha value is -2.18. The maximum atomic E-state index is 5.77. The highest BCUT2D eigenvalue weighted by Crippen LogP contribution is 2.11. The number of nitrogens with zero attached hydrogens (tertiary/aromatic N) is 5. The highest BCUT2D eigenvalue weighted by Gasteiger charge is 2.10. The van der Waals surface area contributed by atoms with Crippen LogP contribution in [0.25, 0.3) is 5.82 Å². The summed E-state index contributed by atoms with van der Waals surface area (Å²) in [4.78, 5) is 4.10. The molecule has 0 saturated carbocycles. The van der Waals surface area contributed by atoms with Gasteiger partial charge in [0.25, 0.3) is 0 Å². The quantitative estimate of drug-likeness (QED) is 0.813. The van der Waals surface area contributed by atoms with Crippen molar-refractivity contribution < 1.29 is 0 Å². The van der Waals surface area contributed by atoms with Crippen LogP contribution < -0.4 is 11.1 Å². The summed E-state index contributed by atoms with van der Waals surface area (Å²) in [5.41, 5.74) is 6.61. The summed E-state index contributed by atoms with van der Waals surface area (Å²) in [6.07, 6.45) is 0. The minimum Gasteiger partial charge on any atom is -0.368 e. The fourth-order valence-electron chi connectivity index (χ4n) is 1.32. The van der Waals surface area contributed by atoms with Crippen molar-refractivity contribution in [2.75, 3.05) is 11.1 Å². The summed E-state index contributed by atoms with van der Waals surface area (Å²) in [6, 6.07) is 3.89. The maximum absolute atomic E-state index is 5.77. The Morgan fingerprint density at radius 1 is 1.29 bits per heavy atom. The van der Waals surface area contributed by atoms with Gasteiger partial charge in [-0.3, -0.25) is 0 Å². The van der Waals surface area contributed by atoms with Gasteiger partial charge in [0, 0.05) is 6.04 Å². The molecule has 0 spiro atoms. The summed E-state index contributed by atoms with van der Waals surface area (Å²) < 4.78 is 1.46. The molecule has 3 N–H and O–H groups in total. The lowest BCUT2D eigenvalue weighted by molar-refractivity contribution is 0.804. The Bertz CT molecular complexity index is 500. The molecular weight excluding hydrogens is 218 g/mol. The Balaban J connectivity index is 2.32. The van der Waals surface area contributed by atoms with Crippen molar-refractivity contribution in [3.8, 4) is 5.82 Å². The average molecular weight is 233 g/mol. The van der Waals surface area contributed by atoms with Crippen LogP contribution in [0, 0.1) is 6.92 Å². The third-order valence-corrected chi connectivity index (χ3v) is 2.05. The van der Waals surface area contributed by atoms with Gasteiger partial charge in [-0.25, -0.2) is 0 Å². The van der Waals surface area contributed by atoms with Gasteiger partial charge in [-0.1, -0.05) is 0 Å². The van der Waals surface area contributed by atoms with Crippen LogP contribution in [-0.4, -0.2) is 31.0 Å².